The first-order valence-electron chi connectivity index (χ1n) is 17.5. The molecule has 0 aromatic rings. The number of carbonyl (C=O) groups excluding carboxylic acids is 2. The van der Waals surface area contributed by atoms with E-state index in [-0.39, 0.29) is 42.3 Å². The van der Waals surface area contributed by atoms with E-state index in [1.165, 1.54) is 13.0 Å². The first kappa shape index (κ1) is 36.0. The van der Waals surface area contributed by atoms with Gasteiger partial charge in [-0.25, -0.2) is 4.79 Å². The van der Waals surface area contributed by atoms with E-state index in [9.17, 15) is 24.9 Å². The Labute approximate surface area is 279 Å². The van der Waals surface area contributed by atoms with E-state index in [0.29, 0.717) is 49.5 Å². The van der Waals surface area contributed by atoms with Crippen LogP contribution in [0, 0.1) is 17.8 Å². The van der Waals surface area contributed by atoms with Crippen molar-refractivity contribution in [2.45, 2.75) is 147 Å². The fraction of sp³-hybridized carbons (Fsp3) is 0.730. The number of hydrogen-bond acceptors (Lipinski definition) is 9. The lowest BCUT2D eigenvalue weighted by molar-refractivity contribution is -0.340. The number of allylic oxidation sites excluding steroid dienone is 2. The van der Waals surface area contributed by atoms with Gasteiger partial charge in [0, 0.05) is 25.7 Å². The predicted octanol–water partition coefficient (Wildman–Crippen LogP) is 4.18. The summed E-state index contributed by atoms with van der Waals surface area (Å²) in [7, 11) is 0. The van der Waals surface area contributed by atoms with Crippen molar-refractivity contribution in [3.05, 3.63) is 47.1 Å². The molecule has 0 aromatic heterocycles. The molecule has 4 aliphatic heterocycles. The van der Waals surface area contributed by atoms with Crippen molar-refractivity contribution >= 4 is 11.9 Å². The number of rotatable bonds is 4. The number of amides is 1. The van der Waals surface area contributed by atoms with E-state index in [4.69, 9.17) is 18.9 Å². The molecule has 1 spiro atoms. The number of aliphatic hydroxyl groups excluding tert-OH is 1. The van der Waals surface area contributed by atoms with Crippen LogP contribution in [-0.2, 0) is 28.5 Å². The van der Waals surface area contributed by atoms with Gasteiger partial charge in [-0.15, -0.1) is 0 Å². The molecule has 0 radical (unpaired) electrons. The molecule has 4 N–H and O–H groups in total. The summed E-state index contributed by atoms with van der Waals surface area (Å²) in [6, 6.07) is -0.282. The molecule has 4 heterocycles. The highest BCUT2D eigenvalue weighted by molar-refractivity contribution is 5.93. The Balaban J connectivity index is 1.58. The summed E-state index contributed by atoms with van der Waals surface area (Å²) in [6.45, 7) is 13.7. The maximum absolute atomic E-state index is 14.1. The van der Waals surface area contributed by atoms with Crippen LogP contribution in [-0.4, -0.2) is 87.4 Å². The van der Waals surface area contributed by atoms with Crippen LogP contribution in [0.15, 0.2) is 47.1 Å². The van der Waals surface area contributed by atoms with E-state index < -0.39 is 41.3 Å². The molecule has 262 valence electrons. The molecule has 5 rings (SSSR count). The zero-order valence-corrected chi connectivity index (χ0v) is 29.0. The topological polar surface area (TPSA) is 144 Å². The minimum absolute atomic E-state index is 0.0114. The third-order valence-corrected chi connectivity index (χ3v) is 11.2. The van der Waals surface area contributed by atoms with Crippen molar-refractivity contribution in [3.63, 3.8) is 0 Å². The van der Waals surface area contributed by atoms with Gasteiger partial charge in [0.25, 0.3) is 0 Å². The van der Waals surface area contributed by atoms with Gasteiger partial charge in [-0.2, -0.15) is 0 Å². The molecule has 47 heavy (non-hydrogen) atoms. The highest BCUT2D eigenvalue weighted by Gasteiger charge is 2.61. The number of carbonyl (C=O) groups is 2. The van der Waals surface area contributed by atoms with Gasteiger partial charge in [0.2, 0.25) is 5.91 Å². The lowest BCUT2D eigenvalue weighted by atomic mass is 9.71. The molecule has 12 atom stereocenters. The van der Waals surface area contributed by atoms with Gasteiger partial charge in [-0.3, -0.25) is 4.79 Å². The van der Waals surface area contributed by atoms with E-state index >= 15 is 0 Å². The molecule has 2 bridgehead atoms. The second-order valence-corrected chi connectivity index (χ2v) is 14.8. The summed E-state index contributed by atoms with van der Waals surface area (Å²) in [5, 5.41) is 37.5. The monoisotopic (exact) mass is 657 g/mol. The fourth-order valence-corrected chi connectivity index (χ4v) is 8.01. The van der Waals surface area contributed by atoms with E-state index in [0.717, 1.165) is 18.4 Å². The van der Waals surface area contributed by atoms with Crippen molar-refractivity contribution in [1.82, 2.24) is 5.32 Å². The molecule has 3 fully saturated rings. The molecule has 0 aromatic carbocycles. The van der Waals surface area contributed by atoms with E-state index in [1.807, 2.05) is 26.8 Å². The number of fused-ring (bicyclic) bond motifs is 2. The van der Waals surface area contributed by atoms with Crippen molar-refractivity contribution < 1.29 is 43.9 Å². The Morgan fingerprint density at radius 3 is 2.62 bits per heavy atom. The fourth-order valence-electron chi connectivity index (χ4n) is 8.01. The molecular weight excluding hydrogens is 602 g/mol. The second kappa shape index (κ2) is 13.9. The zero-order chi connectivity index (χ0) is 34.3. The molecule has 0 unspecified atom stereocenters. The average molecular weight is 658 g/mol. The normalized spacial score (nSPS) is 46.2. The van der Waals surface area contributed by atoms with Crippen LogP contribution in [0.4, 0.5) is 0 Å². The summed E-state index contributed by atoms with van der Waals surface area (Å²) in [4.78, 5) is 26.7. The van der Waals surface area contributed by atoms with Gasteiger partial charge in [0.1, 0.15) is 29.5 Å². The van der Waals surface area contributed by atoms with Crippen molar-refractivity contribution in [1.29, 1.82) is 0 Å². The Kier molecular flexibility index (Phi) is 10.6. The lowest BCUT2D eigenvalue weighted by Gasteiger charge is -2.51. The van der Waals surface area contributed by atoms with Crippen molar-refractivity contribution in [3.8, 4) is 0 Å². The van der Waals surface area contributed by atoms with Crippen LogP contribution in [0.25, 0.3) is 0 Å². The summed E-state index contributed by atoms with van der Waals surface area (Å²) >= 11 is 0. The number of nitrogens with one attached hydrogen (secondary N) is 1. The van der Waals surface area contributed by atoms with Crippen LogP contribution >= 0.6 is 0 Å². The molecule has 1 amide bonds. The molecule has 10 heteroatoms. The molecule has 3 saturated heterocycles. The Morgan fingerprint density at radius 2 is 1.91 bits per heavy atom. The standard InChI is InChI=1S/C37H55NO9/c1-8-21(3)31-24(6)15-16-36(47-31)18-27-17-26(46-36)14-13-23(5)30(38-29(39)9-2)22(4)11-10-12-25-20-44-33-32(40)35(7,42)19-28(34(41)45-27)37(25,33)43/h10-13,19,21-22,24,26-27,30-33,40,42-43H,8-9,14-18,20H2,1-7H3,(H,38,39)/b11-10+,23-13+,25-12+/t21-,22-,24-,26+,27-,30+,31+,32-,33+,35+,36+,37+/m0/s1. The third-order valence-electron chi connectivity index (χ3n) is 11.2. The molecular formula is C37H55NO9. The van der Waals surface area contributed by atoms with Gasteiger partial charge < -0.3 is 39.6 Å². The van der Waals surface area contributed by atoms with Gasteiger partial charge in [-0.1, -0.05) is 70.9 Å². The predicted molar refractivity (Wildman–Crippen MR) is 176 cm³/mol. The summed E-state index contributed by atoms with van der Waals surface area (Å²) in [5.41, 5.74) is -2.67. The zero-order valence-electron chi connectivity index (χ0n) is 29.0. The van der Waals surface area contributed by atoms with Crippen molar-refractivity contribution in [2.75, 3.05) is 6.61 Å². The minimum atomic E-state index is -2.02. The first-order chi connectivity index (χ1) is 22.1. The average Bonchev–Trinajstić information content (AvgIpc) is 3.37. The number of aliphatic hydroxyl groups is 3. The van der Waals surface area contributed by atoms with Crippen LogP contribution in [0.2, 0.25) is 0 Å². The van der Waals surface area contributed by atoms with Crippen LogP contribution in [0.5, 0.6) is 0 Å². The SMILES string of the molecule is CCC(=O)N[C@H]1/C(C)=C/C[C@@H]2C[C@@H](C[C@]3(CC[C@H](C)[C@@H]([C@@H](C)CC)O3)O2)OC(=O)C2=C[C@@](C)(O)[C@@H](O)[C@H]3OC/C(=C\C=C\[C@@H]1C)[C@@]23O. The van der Waals surface area contributed by atoms with E-state index in [1.54, 1.807) is 12.2 Å². The van der Waals surface area contributed by atoms with Gasteiger partial charge in [-0.05, 0) is 56.1 Å². The van der Waals surface area contributed by atoms with Gasteiger partial charge >= 0.3 is 5.97 Å². The molecule has 1 aliphatic carbocycles. The lowest BCUT2D eigenvalue weighted by Crippen LogP contribution is -2.61. The highest BCUT2D eigenvalue weighted by Crippen LogP contribution is 2.48. The Bertz CT molecular complexity index is 1310. The number of ether oxygens (including phenoxy) is 4. The maximum atomic E-state index is 14.1. The number of hydrogen-bond donors (Lipinski definition) is 4. The first-order valence-corrected chi connectivity index (χ1v) is 17.5. The molecule has 10 nitrogen and oxygen atoms in total. The Hall–Kier alpha value is -2.34. The van der Waals surface area contributed by atoms with Crippen LogP contribution < -0.4 is 5.32 Å². The molecule has 5 aliphatic rings. The van der Waals surface area contributed by atoms with Gasteiger partial charge in [0.05, 0.1) is 30.4 Å². The highest BCUT2D eigenvalue weighted by atomic mass is 16.7. The summed E-state index contributed by atoms with van der Waals surface area (Å²) in [5.74, 6) is -1.24. The quantitative estimate of drug-likeness (QED) is 0.259. The van der Waals surface area contributed by atoms with Gasteiger partial charge in [0.15, 0.2) is 5.79 Å². The third kappa shape index (κ3) is 7.05. The summed E-state index contributed by atoms with van der Waals surface area (Å²) < 4.78 is 25.7. The van der Waals surface area contributed by atoms with E-state index in [2.05, 4.69) is 32.2 Å². The summed E-state index contributed by atoms with van der Waals surface area (Å²) in [6.07, 6.45) is 9.11. The largest absolute Gasteiger partial charge is 0.459 e. The van der Waals surface area contributed by atoms with Crippen molar-refractivity contribution in [2.24, 2.45) is 17.8 Å². The minimum Gasteiger partial charge on any atom is -0.459 e. The molecule has 0 saturated carbocycles. The number of esters is 1. The van der Waals surface area contributed by atoms with Crippen LogP contribution in [0.1, 0.15) is 93.4 Å². The second-order valence-electron chi connectivity index (χ2n) is 14.8. The van der Waals surface area contributed by atoms with Crippen LogP contribution in [0.3, 0.4) is 0 Å². The smallest absolute Gasteiger partial charge is 0.337 e. The maximum Gasteiger partial charge on any atom is 0.337 e. The Morgan fingerprint density at radius 1 is 1.17 bits per heavy atom.